The Hall–Kier alpha value is -0.860. The van der Waals surface area contributed by atoms with Crippen molar-refractivity contribution < 1.29 is 4.79 Å². The van der Waals surface area contributed by atoms with Gasteiger partial charge in [0.25, 0.3) is 0 Å². The van der Waals surface area contributed by atoms with E-state index in [1.54, 1.807) is 25.2 Å². The summed E-state index contributed by atoms with van der Waals surface area (Å²) in [5.74, 6) is 0.0941. The smallest absolute Gasteiger partial charge is 0.176 e. The quantitative estimate of drug-likeness (QED) is 0.752. The van der Waals surface area contributed by atoms with Crippen molar-refractivity contribution in [3.05, 3.63) is 34.3 Å². The van der Waals surface area contributed by atoms with Crippen LogP contribution in [0.3, 0.4) is 0 Å². The van der Waals surface area contributed by atoms with Gasteiger partial charge in [0.1, 0.15) is 0 Å². The summed E-state index contributed by atoms with van der Waals surface area (Å²) in [6.07, 6.45) is 0. The number of carbonyl (C=O) groups excluding carboxylic acids is 1. The van der Waals surface area contributed by atoms with E-state index in [1.807, 2.05) is 6.92 Å². The van der Waals surface area contributed by atoms with Crippen molar-refractivity contribution in [2.75, 3.05) is 13.6 Å². The van der Waals surface area contributed by atoms with E-state index in [-0.39, 0.29) is 5.78 Å². The van der Waals surface area contributed by atoms with Crippen molar-refractivity contribution in [3.63, 3.8) is 0 Å². The number of nitrogens with one attached hydrogen (secondary N) is 1. The molecule has 0 amide bonds. The number of ketones is 1. The Morgan fingerprint density at radius 3 is 2.77 bits per heavy atom. The molecule has 0 aliphatic heterocycles. The van der Waals surface area contributed by atoms with Gasteiger partial charge in [-0.05, 0) is 37.7 Å². The molecule has 0 saturated carbocycles. The number of rotatable bonds is 3. The molecule has 0 aromatic heterocycles. The summed E-state index contributed by atoms with van der Waals surface area (Å²) in [6.45, 7) is 2.25. The molecule has 70 valence electrons. The first-order valence-corrected chi connectivity index (χ1v) is 4.47. The number of hydrogen-bond donors (Lipinski definition) is 1. The van der Waals surface area contributed by atoms with Gasteiger partial charge in [-0.15, -0.1) is 0 Å². The molecule has 0 radical (unpaired) electrons. The van der Waals surface area contributed by atoms with Crippen LogP contribution in [-0.4, -0.2) is 19.4 Å². The largest absolute Gasteiger partial charge is 0.313 e. The minimum atomic E-state index is 0.0941. The Kier molecular flexibility index (Phi) is 3.46. The summed E-state index contributed by atoms with van der Waals surface area (Å²) in [5.41, 5.74) is 1.66. The molecule has 13 heavy (non-hydrogen) atoms. The van der Waals surface area contributed by atoms with Crippen molar-refractivity contribution in [2.24, 2.45) is 0 Å². The highest BCUT2D eigenvalue weighted by Crippen LogP contribution is 2.15. The number of aryl methyl sites for hydroxylation is 1. The van der Waals surface area contributed by atoms with Gasteiger partial charge in [0.2, 0.25) is 0 Å². The number of likely N-dealkylation sites (N-methyl/N-ethyl adjacent to an activating group) is 1. The minimum absolute atomic E-state index is 0.0941. The standard InChI is InChI=1S/C10H12ClNO/c1-7-5-8(11)3-4-9(7)10(13)6-12-2/h3-5,12H,6H2,1-2H3. The first kappa shape index (κ1) is 10.2. The van der Waals surface area contributed by atoms with Gasteiger partial charge in [-0.1, -0.05) is 11.6 Å². The Bertz CT molecular complexity index is 323. The monoisotopic (exact) mass is 197 g/mol. The first-order chi connectivity index (χ1) is 6.15. The number of carbonyl (C=O) groups is 1. The molecule has 1 N–H and O–H groups in total. The predicted octanol–water partition coefficient (Wildman–Crippen LogP) is 2.05. The van der Waals surface area contributed by atoms with Gasteiger partial charge in [0.15, 0.2) is 5.78 Å². The van der Waals surface area contributed by atoms with Crippen LogP contribution in [0.25, 0.3) is 0 Å². The fraction of sp³-hybridized carbons (Fsp3) is 0.300. The molecule has 0 heterocycles. The summed E-state index contributed by atoms with van der Waals surface area (Å²) in [4.78, 5) is 11.5. The summed E-state index contributed by atoms with van der Waals surface area (Å²) in [7, 11) is 1.75. The number of benzene rings is 1. The van der Waals surface area contributed by atoms with Gasteiger partial charge in [-0.2, -0.15) is 0 Å². The second-order valence-corrected chi connectivity index (χ2v) is 3.35. The second kappa shape index (κ2) is 4.40. The molecule has 0 spiro atoms. The van der Waals surface area contributed by atoms with Gasteiger partial charge < -0.3 is 5.32 Å². The van der Waals surface area contributed by atoms with Crippen LogP contribution >= 0.6 is 11.6 Å². The van der Waals surface area contributed by atoms with E-state index in [1.165, 1.54) is 0 Å². The van der Waals surface area contributed by atoms with Crippen molar-refractivity contribution in [1.29, 1.82) is 0 Å². The average molecular weight is 198 g/mol. The summed E-state index contributed by atoms with van der Waals surface area (Å²) >= 11 is 5.77. The van der Waals surface area contributed by atoms with Crippen molar-refractivity contribution in [3.8, 4) is 0 Å². The molecule has 2 nitrogen and oxygen atoms in total. The van der Waals surface area contributed by atoms with Gasteiger partial charge in [0, 0.05) is 10.6 Å². The van der Waals surface area contributed by atoms with Crippen LogP contribution in [0.2, 0.25) is 5.02 Å². The lowest BCUT2D eigenvalue weighted by molar-refractivity contribution is 0.0993. The number of Topliss-reactive ketones (excluding diaryl/α,β-unsaturated/α-hetero) is 1. The summed E-state index contributed by atoms with van der Waals surface area (Å²) < 4.78 is 0. The fourth-order valence-corrected chi connectivity index (χ4v) is 1.42. The van der Waals surface area contributed by atoms with Crippen LogP contribution in [0.15, 0.2) is 18.2 Å². The van der Waals surface area contributed by atoms with E-state index < -0.39 is 0 Å². The SMILES string of the molecule is CNCC(=O)c1ccc(Cl)cc1C. The van der Waals surface area contributed by atoms with Crippen LogP contribution in [0.1, 0.15) is 15.9 Å². The lowest BCUT2D eigenvalue weighted by Crippen LogP contribution is -2.19. The third kappa shape index (κ3) is 2.54. The Morgan fingerprint density at radius 1 is 1.54 bits per heavy atom. The average Bonchev–Trinajstić information content (AvgIpc) is 2.04. The van der Waals surface area contributed by atoms with Gasteiger partial charge >= 0.3 is 0 Å². The zero-order valence-electron chi connectivity index (χ0n) is 7.73. The maximum atomic E-state index is 11.5. The second-order valence-electron chi connectivity index (χ2n) is 2.91. The summed E-state index contributed by atoms with van der Waals surface area (Å²) in [6, 6.07) is 5.29. The molecular weight excluding hydrogens is 186 g/mol. The Labute approximate surface area is 82.9 Å². The Morgan fingerprint density at radius 2 is 2.23 bits per heavy atom. The van der Waals surface area contributed by atoms with Crippen molar-refractivity contribution in [1.82, 2.24) is 5.32 Å². The van der Waals surface area contributed by atoms with Crippen LogP contribution in [0, 0.1) is 6.92 Å². The molecule has 3 heteroatoms. The van der Waals surface area contributed by atoms with E-state index in [0.29, 0.717) is 11.6 Å². The maximum absolute atomic E-state index is 11.5. The van der Waals surface area contributed by atoms with E-state index in [4.69, 9.17) is 11.6 Å². The van der Waals surface area contributed by atoms with Gasteiger partial charge in [-0.25, -0.2) is 0 Å². The highest BCUT2D eigenvalue weighted by molar-refractivity contribution is 6.30. The van der Waals surface area contributed by atoms with Gasteiger partial charge in [-0.3, -0.25) is 4.79 Å². The molecule has 0 unspecified atom stereocenters. The molecule has 1 aromatic carbocycles. The van der Waals surface area contributed by atoms with Crippen molar-refractivity contribution >= 4 is 17.4 Å². The highest BCUT2D eigenvalue weighted by atomic mass is 35.5. The van der Waals surface area contributed by atoms with E-state index in [2.05, 4.69) is 5.32 Å². The molecule has 0 aliphatic rings. The van der Waals surface area contributed by atoms with Gasteiger partial charge in [0.05, 0.1) is 6.54 Å². The maximum Gasteiger partial charge on any atom is 0.176 e. The lowest BCUT2D eigenvalue weighted by Gasteiger charge is -2.04. The molecule has 0 bridgehead atoms. The molecule has 0 saturated heterocycles. The third-order valence-electron chi connectivity index (χ3n) is 1.83. The molecule has 1 aromatic rings. The zero-order chi connectivity index (χ0) is 9.84. The van der Waals surface area contributed by atoms with Crippen LogP contribution in [0.4, 0.5) is 0 Å². The van der Waals surface area contributed by atoms with Crippen molar-refractivity contribution in [2.45, 2.75) is 6.92 Å². The predicted molar refractivity (Wildman–Crippen MR) is 54.4 cm³/mol. The number of halogens is 1. The Balaban J connectivity index is 2.95. The topological polar surface area (TPSA) is 29.1 Å². The normalized spacial score (nSPS) is 10.1. The fourth-order valence-electron chi connectivity index (χ4n) is 1.20. The van der Waals surface area contributed by atoms with Crippen LogP contribution < -0.4 is 5.32 Å². The van der Waals surface area contributed by atoms with Crippen LogP contribution in [0.5, 0.6) is 0 Å². The highest BCUT2D eigenvalue weighted by Gasteiger charge is 2.07. The summed E-state index contributed by atoms with van der Waals surface area (Å²) in [5, 5.41) is 3.49. The lowest BCUT2D eigenvalue weighted by atomic mass is 10.1. The van der Waals surface area contributed by atoms with Crippen LogP contribution in [-0.2, 0) is 0 Å². The zero-order valence-corrected chi connectivity index (χ0v) is 8.48. The molecule has 1 rings (SSSR count). The molecule has 0 atom stereocenters. The molecule has 0 aliphatic carbocycles. The van der Waals surface area contributed by atoms with E-state index in [9.17, 15) is 4.79 Å². The number of hydrogen-bond acceptors (Lipinski definition) is 2. The molecule has 0 fully saturated rings. The first-order valence-electron chi connectivity index (χ1n) is 4.09. The molecular formula is C10H12ClNO. The van der Waals surface area contributed by atoms with E-state index >= 15 is 0 Å². The van der Waals surface area contributed by atoms with E-state index in [0.717, 1.165) is 11.1 Å². The third-order valence-corrected chi connectivity index (χ3v) is 2.06. The minimum Gasteiger partial charge on any atom is -0.313 e.